The highest BCUT2D eigenvalue weighted by Crippen LogP contribution is 2.28. The molecule has 0 aliphatic carbocycles. The number of nitrogens with zero attached hydrogens (tertiary/aromatic N) is 1. The topological polar surface area (TPSA) is 103 Å². The number of para-hydroxylation sites is 1. The van der Waals surface area contributed by atoms with Crippen LogP contribution in [-0.2, 0) is 10.1 Å². The molecule has 0 atom stereocenters. The summed E-state index contributed by atoms with van der Waals surface area (Å²) in [7, 11) is -2.57. The zero-order valence-electron chi connectivity index (χ0n) is 18.7. The number of methoxy groups -OCH3 is 1. The third-order valence-corrected chi connectivity index (χ3v) is 5.83. The van der Waals surface area contributed by atoms with Gasteiger partial charge in [-0.25, -0.2) is 5.43 Å². The van der Waals surface area contributed by atoms with Crippen LogP contribution < -0.4 is 19.1 Å². The first kappa shape index (κ1) is 24.5. The van der Waals surface area contributed by atoms with Crippen LogP contribution in [0.25, 0.3) is 0 Å². The molecule has 0 saturated heterocycles. The molecular weight excluding hydrogens is 456 g/mol. The zero-order valence-corrected chi connectivity index (χ0v) is 19.5. The molecule has 0 unspecified atom stereocenters. The summed E-state index contributed by atoms with van der Waals surface area (Å²) in [6, 6.07) is 17.5. The number of hydrazone groups is 1. The predicted octanol–water partition coefficient (Wildman–Crippen LogP) is 4.10. The molecule has 9 heteroatoms. The van der Waals surface area contributed by atoms with Gasteiger partial charge in [0.05, 0.1) is 13.3 Å². The third-order valence-electron chi connectivity index (χ3n) is 4.58. The molecule has 3 aromatic rings. The van der Waals surface area contributed by atoms with Gasteiger partial charge < -0.3 is 13.7 Å². The fourth-order valence-electron chi connectivity index (χ4n) is 2.84. The van der Waals surface area contributed by atoms with E-state index in [2.05, 4.69) is 17.1 Å². The first-order valence-electron chi connectivity index (χ1n) is 10.2. The molecule has 0 aliphatic rings. The summed E-state index contributed by atoms with van der Waals surface area (Å²) in [5.41, 5.74) is 3.99. The lowest BCUT2D eigenvalue weighted by molar-refractivity contribution is 0.0954. The summed E-state index contributed by atoms with van der Waals surface area (Å²) in [6.07, 6.45) is 2.90. The van der Waals surface area contributed by atoms with Crippen LogP contribution in [0, 0.1) is 6.92 Å². The third kappa shape index (κ3) is 6.23. The van der Waals surface area contributed by atoms with E-state index >= 15 is 0 Å². The monoisotopic (exact) mass is 480 g/mol. The van der Waals surface area contributed by atoms with E-state index in [0.29, 0.717) is 29.2 Å². The molecule has 0 saturated carbocycles. The average molecular weight is 481 g/mol. The summed E-state index contributed by atoms with van der Waals surface area (Å²) in [5.74, 6) is 0.448. The molecule has 0 spiro atoms. The Bertz CT molecular complexity index is 1300. The van der Waals surface area contributed by atoms with E-state index in [1.807, 2.05) is 6.92 Å². The number of benzene rings is 3. The summed E-state index contributed by atoms with van der Waals surface area (Å²) in [6.45, 7) is 5.75. The van der Waals surface area contributed by atoms with Crippen LogP contribution in [0.15, 0.2) is 89.4 Å². The van der Waals surface area contributed by atoms with E-state index in [0.717, 1.165) is 5.56 Å². The minimum Gasteiger partial charge on any atom is -0.493 e. The van der Waals surface area contributed by atoms with Gasteiger partial charge in [0.15, 0.2) is 17.2 Å². The minimum absolute atomic E-state index is 0.0348. The average Bonchev–Trinajstić information content (AvgIpc) is 2.83. The van der Waals surface area contributed by atoms with Gasteiger partial charge in [0.25, 0.3) is 5.91 Å². The maximum atomic E-state index is 12.6. The van der Waals surface area contributed by atoms with Gasteiger partial charge in [-0.1, -0.05) is 42.5 Å². The van der Waals surface area contributed by atoms with E-state index < -0.39 is 16.0 Å². The van der Waals surface area contributed by atoms with Crippen molar-refractivity contribution >= 4 is 22.2 Å². The normalized spacial score (nSPS) is 11.1. The maximum Gasteiger partial charge on any atom is 0.339 e. The van der Waals surface area contributed by atoms with Crippen LogP contribution in [-0.4, -0.2) is 34.3 Å². The van der Waals surface area contributed by atoms with Crippen molar-refractivity contribution in [2.24, 2.45) is 5.10 Å². The Labute approximate surface area is 198 Å². The Kier molecular flexibility index (Phi) is 8.05. The Morgan fingerprint density at radius 1 is 1.03 bits per heavy atom. The molecule has 0 heterocycles. The number of amides is 1. The first-order chi connectivity index (χ1) is 16.3. The van der Waals surface area contributed by atoms with Crippen molar-refractivity contribution in [3.63, 3.8) is 0 Å². The molecule has 3 aromatic carbocycles. The maximum absolute atomic E-state index is 12.6. The SMILES string of the molecule is C=CCOc1ccc(C(=O)N/N=C/c2ccccc2OS(=O)(=O)c2ccc(C)cc2)cc1OC. The van der Waals surface area contributed by atoms with Crippen LogP contribution in [0.5, 0.6) is 17.2 Å². The van der Waals surface area contributed by atoms with Crippen LogP contribution in [0.2, 0.25) is 0 Å². The lowest BCUT2D eigenvalue weighted by Gasteiger charge is -2.10. The van der Waals surface area contributed by atoms with Crippen LogP contribution in [0.3, 0.4) is 0 Å². The number of carbonyl (C=O) groups excluding carboxylic acids is 1. The number of nitrogens with one attached hydrogen (secondary N) is 1. The number of rotatable bonds is 10. The number of hydrogen-bond acceptors (Lipinski definition) is 7. The molecule has 8 nitrogen and oxygen atoms in total. The molecule has 34 heavy (non-hydrogen) atoms. The molecule has 0 aromatic heterocycles. The summed E-state index contributed by atoms with van der Waals surface area (Å²) in [5, 5.41) is 3.94. The van der Waals surface area contributed by atoms with Crippen molar-refractivity contribution in [2.45, 2.75) is 11.8 Å². The van der Waals surface area contributed by atoms with Crippen molar-refractivity contribution in [1.29, 1.82) is 0 Å². The Hall–Kier alpha value is -4.11. The van der Waals surface area contributed by atoms with Crippen LogP contribution in [0.4, 0.5) is 0 Å². The highest BCUT2D eigenvalue weighted by molar-refractivity contribution is 7.87. The molecule has 1 amide bonds. The van der Waals surface area contributed by atoms with Crippen molar-refractivity contribution < 1.29 is 26.9 Å². The van der Waals surface area contributed by atoms with E-state index in [1.165, 1.54) is 37.6 Å². The molecule has 0 fully saturated rings. The molecule has 3 rings (SSSR count). The molecule has 0 aliphatic heterocycles. The molecular formula is C25H24N2O6S. The quantitative estimate of drug-likeness (QED) is 0.203. The van der Waals surface area contributed by atoms with Gasteiger partial charge in [-0.15, -0.1) is 0 Å². The molecule has 1 N–H and O–H groups in total. The van der Waals surface area contributed by atoms with Gasteiger partial charge in [0, 0.05) is 11.1 Å². The van der Waals surface area contributed by atoms with E-state index in [1.54, 1.807) is 48.5 Å². The van der Waals surface area contributed by atoms with Crippen LogP contribution in [0.1, 0.15) is 21.5 Å². The van der Waals surface area contributed by atoms with Gasteiger partial charge in [0.2, 0.25) is 0 Å². The smallest absolute Gasteiger partial charge is 0.339 e. The highest BCUT2D eigenvalue weighted by Gasteiger charge is 2.18. The molecule has 0 bridgehead atoms. The number of hydrogen-bond donors (Lipinski definition) is 1. The first-order valence-corrected chi connectivity index (χ1v) is 11.6. The second-order valence-corrected chi connectivity index (χ2v) is 8.60. The lowest BCUT2D eigenvalue weighted by atomic mass is 10.2. The summed E-state index contributed by atoms with van der Waals surface area (Å²) in [4.78, 5) is 12.5. The fraction of sp³-hybridized carbons (Fsp3) is 0.120. The summed E-state index contributed by atoms with van der Waals surface area (Å²) < 4.78 is 41.3. The molecule has 176 valence electrons. The van der Waals surface area contributed by atoms with Gasteiger partial charge in [-0.3, -0.25) is 4.79 Å². The Balaban J connectivity index is 1.73. The Morgan fingerprint density at radius 3 is 2.47 bits per heavy atom. The fourth-order valence-corrected chi connectivity index (χ4v) is 3.79. The minimum atomic E-state index is -4.04. The second-order valence-electron chi connectivity index (χ2n) is 7.05. The van der Waals surface area contributed by atoms with Gasteiger partial charge >= 0.3 is 10.1 Å². The second kappa shape index (κ2) is 11.2. The van der Waals surface area contributed by atoms with Gasteiger partial charge in [0.1, 0.15) is 11.5 Å². The number of aryl methyl sites for hydroxylation is 1. The lowest BCUT2D eigenvalue weighted by Crippen LogP contribution is -2.18. The van der Waals surface area contributed by atoms with Crippen LogP contribution >= 0.6 is 0 Å². The van der Waals surface area contributed by atoms with Gasteiger partial charge in [-0.05, 0) is 49.4 Å². The van der Waals surface area contributed by atoms with Crippen molar-refractivity contribution in [3.05, 3.63) is 96.1 Å². The number of carbonyl (C=O) groups is 1. The van der Waals surface area contributed by atoms with Crippen molar-refractivity contribution in [1.82, 2.24) is 5.43 Å². The highest BCUT2D eigenvalue weighted by atomic mass is 32.2. The van der Waals surface area contributed by atoms with Crippen molar-refractivity contribution in [3.8, 4) is 17.2 Å². The summed E-state index contributed by atoms with van der Waals surface area (Å²) >= 11 is 0. The number of ether oxygens (including phenoxy) is 2. The van der Waals surface area contributed by atoms with E-state index in [9.17, 15) is 13.2 Å². The Morgan fingerprint density at radius 2 is 1.76 bits per heavy atom. The van der Waals surface area contributed by atoms with Gasteiger partial charge in [-0.2, -0.15) is 13.5 Å². The standard InChI is InChI=1S/C25H24N2O6S/c1-4-15-32-23-14-11-19(16-24(23)31-3)25(28)27-26-17-20-7-5-6-8-22(20)33-34(29,30)21-12-9-18(2)10-13-21/h4-14,16-17H,1,15H2,2-3H3,(H,27,28)/b26-17+. The van der Waals surface area contributed by atoms with Crippen molar-refractivity contribution in [2.75, 3.05) is 13.7 Å². The largest absolute Gasteiger partial charge is 0.493 e. The van der Waals surface area contributed by atoms with E-state index in [4.69, 9.17) is 13.7 Å². The molecule has 0 radical (unpaired) electrons. The predicted molar refractivity (Wildman–Crippen MR) is 129 cm³/mol. The van der Waals surface area contributed by atoms with E-state index in [-0.39, 0.29) is 10.6 Å². The zero-order chi connectivity index (χ0) is 24.6.